The van der Waals surface area contributed by atoms with Crippen LogP contribution in [0.25, 0.3) is 10.8 Å². The van der Waals surface area contributed by atoms with E-state index in [-0.39, 0.29) is 24.4 Å². The fraction of sp³-hybridized carbons (Fsp3) is 0.385. The molecule has 0 aliphatic carbocycles. The van der Waals surface area contributed by atoms with Gasteiger partial charge in [-0.3, -0.25) is 4.90 Å². The Morgan fingerprint density at radius 1 is 0.867 bits per heavy atom. The lowest BCUT2D eigenvalue weighted by Gasteiger charge is -2.50. The first-order valence-corrected chi connectivity index (χ1v) is 11.0. The van der Waals surface area contributed by atoms with Gasteiger partial charge < -0.3 is 14.2 Å². The Hall–Kier alpha value is -2.72. The largest absolute Gasteiger partial charge is 0.472 e. The standard InChI is InChI=1S/C26H27NO3/c1-17-25(20-11-7-9-18-8-3-4-10-19(18)20)21-14-23-24(29-16-28-23)15-22(21)30-26(17,2)27-12-5-6-13-27/h3-4,7-11,14-15,17,25H,5-6,12-13,16H2,1-2H3/t17-,25-,26+/m0/s1. The number of hydrogen-bond acceptors (Lipinski definition) is 4. The molecule has 0 aromatic heterocycles. The van der Waals surface area contributed by atoms with E-state index in [9.17, 15) is 0 Å². The van der Waals surface area contributed by atoms with Crippen LogP contribution in [0.4, 0.5) is 0 Å². The van der Waals surface area contributed by atoms with Gasteiger partial charge in [0.2, 0.25) is 6.79 Å². The van der Waals surface area contributed by atoms with Gasteiger partial charge in [0.1, 0.15) is 5.75 Å². The third kappa shape index (κ3) is 2.56. The minimum Gasteiger partial charge on any atom is -0.472 e. The average molecular weight is 402 g/mol. The Morgan fingerprint density at radius 3 is 2.43 bits per heavy atom. The van der Waals surface area contributed by atoms with E-state index < -0.39 is 0 Å². The summed E-state index contributed by atoms with van der Waals surface area (Å²) in [6.45, 7) is 7.06. The minimum absolute atomic E-state index is 0.208. The lowest BCUT2D eigenvalue weighted by Crippen LogP contribution is -2.57. The smallest absolute Gasteiger partial charge is 0.231 e. The molecule has 0 saturated carbocycles. The third-order valence-electron chi connectivity index (χ3n) is 7.39. The Labute approximate surface area is 177 Å². The first-order valence-electron chi connectivity index (χ1n) is 11.0. The molecule has 1 fully saturated rings. The van der Waals surface area contributed by atoms with E-state index in [0.29, 0.717) is 0 Å². The van der Waals surface area contributed by atoms with Gasteiger partial charge in [0.15, 0.2) is 17.2 Å². The molecule has 154 valence electrons. The Balaban J connectivity index is 1.58. The highest BCUT2D eigenvalue weighted by atomic mass is 16.7. The van der Waals surface area contributed by atoms with Crippen molar-refractivity contribution >= 4 is 10.8 Å². The van der Waals surface area contributed by atoms with Crippen LogP contribution < -0.4 is 14.2 Å². The number of ether oxygens (including phenoxy) is 3. The van der Waals surface area contributed by atoms with E-state index in [2.05, 4.69) is 67.3 Å². The van der Waals surface area contributed by atoms with Crippen molar-refractivity contribution in [1.29, 1.82) is 0 Å². The number of fused-ring (bicyclic) bond motifs is 3. The zero-order valence-electron chi connectivity index (χ0n) is 17.6. The van der Waals surface area contributed by atoms with Crippen molar-refractivity contribution in [2.24, 2.45) is 5.92 Å². The van der Waals surface area contributed by atoms with Gasteiger partial charge in [-0.05, 0) is 42.2 Å². The molecule has 3 aliphatic rings. The maximum absolute atomic E-state index is 6.80. The second-order valence-electron chi connectivity index (χ2n) is 8.93. The fourth-order valence-corrected chi connectivity index (χ4v) is 5.64. The number of rotatable bonds is 2. The van der Waals surface area contributed by atoms with Gasteiger partial charge in [0, 0.05) is 36.6 Å². The van der Waals surface area contributed by atoms with Crippen molar-refractivity contribution in [3.05, 3.63) is 65.7 Å². The molecule has 0 spiro atoms. The molecule has 3 aromatic rings. The SMILES string of the molecule is C[C@H]1[C@@H](c2cccc3ccccc23)c2cc3c(cc2O[C@@]1(C)N1CCCC1)OCO3. The number of benzene rings is 3. The molecule has 4 nitrogen and oxygen atoms in total. The second kappa shape index (κ2) is 6.64. The summed E-state index contributed by atoms with van der Waals surface area (Å²) < 4.78 is 18.2. The highest BCUT2D eigenvalue weighted by Crippen LogP contribution is 2.54. The summed E-state index contributed by atoms with van der Waals surface area (Å²) in [6, 6.07) is 19.5. The maximum Gasteiger partial charge on any atom is 0.231 e. The van der Waals surface area contributed by atoms with Crippen LogP contribution in [0.15, 0.2) is 54.6 Å². The van der Waals surface area contributed by atoms with Crippen LogP contribution in [0.1, 0.15) is 43.7 Å². The fourth-order valence-electron chi connectivity index (χ4n) is 5.64. The molecule has 0 radical (unpaired) electrons. The summed E-state index contributed by atoms with van der Waals surface area (Å²) in [4.78, 5) is 2.53. The molecule has 3 aromatic carbocycles. The van der Waals surface area contributed by atoms with Gasteiger partial charge in [-0.25, -0.2) is 0 Å². The van der Waals surface area contributed by atoms with Crippen LogP contribution in [-0.4, -0.2) is 30.5 Å². The zero-order valence-corrected chi connectivity index (χ0v) is 17.6. The van der Waals surface area contributed by atoms with Gasteiger partial charge in [-0.1, -0.05) is 49.4 Å². The van der Waals surface area contributed by atoms with Crippen LogP contribution in [0.5, 0.6) is 17.2 Å². The molecule has 3 atom stereocenters. The number of likely N-dealkylation sites (tertiary alicyclic amines) is 1. The molecule has 0 bridgehead atoms. The summed E-state index contributed by atoms with van der Waals surface area (Å²) in [5, 5.41) is 2.59. The summed E-state index contributed by atoms with van der Waals surface area (Å²) in [7, 11) is 0. The molecule has 3 heterocycles. The summed E-state index contributed by atoms with van der Waals surface area (Å²) in [6.07, 6.45) is 2.47. The molecule has 3 aliphatic heterocycles. The first kappa shape index (κ1) is 18.1. The highest BCUT2D eigenvalue weighted by Gasteiger charge is 2.50. The third-order valence-corrected chi connectivity index (χ3v) is 7.39. The minimum atomic E-state index is -0.362. The molecule has 0 unspecified atom stereocenters. The van der Waals surface area contributed by atoms with Crippen LogP contribution in [0, 0.1) is 5.92 Å². The van der Waals surface area contributed by atoms with Crippen molar-refractivity contribution in [1.82, 2.24) is 4.90 Å². The highest BCUT2D eigenvalue weighted by molar-refractivity contribution is 5.87. The molecule has 6 rings (SSSR count). The van der Waals surface area contributed by atoms with E-state index >= 15 is 0 Å². The van der Waals surface area contributed by atoms with E-state index in [1.165, 1.54) is 34.7 Å². The van der Waals surface area contributed by atoms with Gasteiger partial charge in [0.25, 0.3) is 0 Å². The van der Waals surface area contributed by atoms with Gasteiger partial charge in [-0.15, -0.1) is 0 Å². The molecule has 0 amide bonds. The summed E-state index contributed by atoms with van der Waals surface area (Å²) in [5.41, 5.74) is 2.19. The summed E-state index contributed by atoms with van der Waals surface area (Å²) in [5.74, 6) is 3.00. The normalized spacial score (nSPS) is 27.8. The summed E-state index contributed by atoms with van der Waals surface area (Å²) >= 11 is 0. The number of nitrogens with zero attached hydrogens (tertiary/aromatic N) is 1. The van der Waals surface area contributed by atoms with Gasteiger partial charge >= 0.3 is 0 Å². The van der Waals surface area contributed by atoms with E-state index in [4.69, 9.17) is 14.2 Å². The Morgan fingerprint density at radius 2 is 1.60 bits per heavy atom. The van der Waals surface area contributed by atoms with Gasteiger partial charge in [-0.2, -0.15) is 0 Å². The maximum atomic E-state index is 6.80. The van der Waals surface area contributed by atoms with Crippen LogP contribution in [0.2, 0.25) is 0 Å². The van der Waals surface area contributed by atoms with E-state index in [1.54, 1.807) is 0 Å². The molecule has 0 N–H and O–H groups in total. The molecular weight excluding hydrogens is 374 g/mol. The van der Waals surface area contributed by atoms with Crippen molar-refractivity contribution < 1.29 is 14.2 Å². The molecular formula is C26H27NO3. The van der Waals surface area contributed by atoms with Crippen molar-refractivity contribution in [2.75, 3.05) is 19.9 Å². The van der Waals surface area contributed by atoms with Crippen LogP contribution in [-0.2, 0) is 0 Å². The molecule has 1 saturated heterocycles. The Bertz CT molecular complexity index is 1120. The lowest BCUT2D eigenvalue weighted by molar-refractivity contribution is -0.114. The van der Waals surface area contributed by atoms with Crippen molar-refractivity contribution in [3.63, 3.8) is 0 Å². The lowest BCUT2D eigenvalue weighted by atomic mass is 9.72. The topological polar surface area (TPSA) is 30.9 Å². The first-order chi connectivity index (χ1) is 14.6. The van der Waals surface area contributed by atoms with Crippen molar-refractivity contribution in [3.8, 4) is 17.2 Å². The monoisotopic (exact) mass is 401 g/mol. The quantitative estimate of drug-likeness (QED) is 0.564. The predicted octanol–water partition coefficient (Wildman–Crippen LogP) is 5.54. The van der Waals surface area contributed by atoms with Crippen LogP contribution in [0.3, 0.4) is 0 Å². The zero-order chi connectivity index (χ0) is 20.3. The average Bonchev–Trinajstić information content (AvgIpc) is 3.45. The van der Waals surface area contributed by atoms with Crippen molar-refractivity contribution in [2.45, 2.75) is 38.3 Å². The van der Waals surface area contributed by atoms with E-state index in [1.807, 2.05) is 6.07 Å². The predicted molar refractivity (Wildman–Crippen MR) is 117 cm³/mol. The second-order valence-corrected chi connectivity index (χ2v) is 8.93. The molecule has 30 heavy (non-hydrogen) atoms. The molecule has 4 heteroatoms. The Kier molecular flexibility index (Phi) is 4.00. The van der Waals surface area contributed by atoms with Gasteiger partial charge in [0.05, 0.1) is 0 Å². The number of hydrogen-bond donors (Lipinski definition) is 0. The van der Waals surface area contributed by atoms with Crippen LogP contribution >= 0.6 is 0 Å². The van der Waals surface area contributed by atoms with E-state index in [0.717, 1.165) is 30.3 Å².